The lowest BCUT2D eigenvalue weighted by Gasteiger charge is -2.32. The third-order valence-corrected chi connectivity index (χ3v) is 4.97. The Hall–Kier alpha value is -1.57. The summed E-state index contributed by atoms with van der Waals surface area (Å²) in [7, 11) is 0. The third-order valence-electron chi connectivity index (χ3n) is 4.14. The van der Waals surface area contributed by atoms with Gasteiger partial charge in [0.2, 0.25) is 0 Å². The largest absolute Gasteiger partial charge is 0.432 e. The normalized spacial score (nSPS) is 16.8. The quantitative estimate of drug-likeness (QED) is 0.834. The van der Waals surface area contributed by atoms with Crippen LogP contribution in [0.1, 0.15) is 35.8 Å². The van der Waals surface area contributed by atoms with Crippen LogP contribution in [0.5, 0.6) is 0 Å². The van der Waals surface area contributed by atoms with Gasteiger partial charge in [0.1, 0.15) is 17.3 Å². The Kier molecular flexibility index (Phi) is 4.35. The molecule has 0 unspecified atom stereocenters. The minimum absolute atomic E-state index is 0.0268. The van der Waals surface area contributed by atoms with Crippen LogP contribution in [0.2, 0.25) is 0 Å². The zero-order chi connectivity index (χ0) is 16.6. The summed E-state index contributed by atoms with van der Waals surface area (Å²) in [5.74, 6) is 1.36. The van der Waals surface area contributed by atoms with E-state index in [-0.39, 0.29) is 5.92 Å². The number of nitrogens with one attached hydrogen (secondary N) is 1. The zero-order valence-electron chi connectivity index (χ0n) is 12.5. The number of nitrogens with zero attached hydrogens (tertiary/aromatic N) is 3. The molecular formula is C15H16BrF3N4. The molecule has 0 aromatic carbocycles. The van der Waals surface area contributed by atoms with Crippen LogP contribution in [0.25, 0.3) is 0 Å². The number of anilines is 1. The van der Waals surface area contributed by atoms with E-state index >= 15 is 0 Å². The summed E-state index contributed by atoms with van der Waals surface area (Å²) in [6, 6.07) is 2.01. The van der Waals surface area contributed by atoms with Gasteiger partial charge >= 0.3 is 6.18 Å². The summed E-state index contributed by atoms with van der Waals surface area (Å²) in [5, 5.41) is 0. The van der Waals surface area contributed by atoms with Crippen LogP contribution >= 0.6 is 15.9 Å². The van der Waals surface area contributed by atoms with E-state index in [2.05, 4.69) is 35.8 Å². The van der Waals surface area contributed by atoms with Crippen molar-refractivity contribution in [2.75, 3.05) is 18.0 Å². The summed E-state index contributed by atoms with van der Waals surface area (Å²) < 4.78 is 38.9. The van der Waals surface area contributed by atoms with Crippen LogP contribution in [0.4, 0.5) is 19.0 Å². The maximum Gasteiger partial charge on any atom is 0.432 e. The maximum atomic E-state index is 12.6. The van der Waals surface area contributed by atoms with E-state index in [1.54, 1.807) is 6.20 Å². The number of rotatable bonds is 2. The summed E-state index contributed by atoms with van der Waals surface area (Å²) in [6.07, 6.45) is -0.214. The second kappa shape index (κ2) is 6.14. The van der Waals surface area contributed by atoms with Gasteiger partial charge < -0.3 is 9.88 Å². The van der Waals surface area contributed by atoms with Gasteiger partial charge in [-0.25, -0.2) is 9.97 Å². The first-order chi connectivity index (χ1) is 10.8. The number of imidazole rings is 1. The molecule has 2 aromatic rings. The molecule has 124 valence electrons. The van der Waals surface area contributed by atoms with E-state index in [4.69, 9.17) is 0 Å². The zero-order valence-corrected chi connectivity index (χ0v) is 14.1. The molecule has 8 heteroatoms. The highest BCUT2D eigenvalue weighted by Gasteiger charge is 2.34. The minimum Gasteiger partial charge on any atom is -0.357 e. The summed E-state index contributed by atoms with van der Waals surface area (Å²) in [4.78, 5) is 12.9. The molecular weight excluding hydrogens is 373 g/mol. The van der Waals surface area contributed by atoms with Crippen molar-refractivity contribution in [1.82, 2.24) is 15.0 Å². The van der Waals surface area contributed by atoms with E-state index in [0.29, 0.717) is 5.82 Å². The smallest absolute Gasteiger partial charge is 0.357 e. The van der Waals surface area contributed by atoms with Crippen LogP contribution < -0.4 is 4.90 Å². The fourth-order valence-corrected chi connectivity index (χ4v) is 2.98. The molecule has 4 nitrogen and oxygen atoms in total. The summed E-state index contributed by atoms with van der Waals surface area (Å²) in [6.45, 7) is 3.51. The van der Waals surface area contributed by atoms with Gasteiger partial charge in [0.15, 0.2) is 0 Å². The Morgan fingerprint density at radius 3 is 2.48 bits per heavy atom. The molecule has 1 fully saturated rings. The van der Waals surface area contributed by atoms with Crippen molar-refractivity contribution in [2.24, 2.45) is 0 Å². The molecule has 0 amide bonds. The van der Waals surface area contributed by atoms with Crippen molar-refractivity contribution in [1.29, 1.82) is 0 Å². The monoisotopic (exact) mass is 388 g/mol. The van der Waals surface area contributed by atoms with Crippen molar-refractivity contribution in [2.45, 2.75) is 31.9 Å². The number of aromatic nitrogens is 3. The Morgan fingerprint density at radius 1 is 1.22 bits per heavy atom. The van der Waals surface area contributed by atoms with E-state index < -0.39 is 11.9 Å². The number of hydrogen-bond acceptors (Lipinski definition) is 3. The Morgan fingerprint density at radius 2 is 1.91 bits per heavy atom. The second-order valence-corrected chi connectivity index (χ2v) is 6.59. The lowest BCUT2D eigenvalue weighted by Crippen LogP contribution is -2.33. The third kappa shape index (κ3) is 3.52. The predicted molar refractivity (Wildman–Crippen MR) is 84.5 cm³/mol. The lowest BCUT2D eigenvalue weighted by atomic mass is 9.96. The topological polar surface area (TPSA) is 44.8 Å². The molecule has 0 spiro atoms. The molecule has 3 heterocycles. The van der Waals surface area contributed by atoms with Crippen molar-refractivity contribution in [3.05, 3.63) is 40.0 Å². The van der Waals surface area contributed by atoms with E-state index in [1.165, 1.54) is 0 Å². The maximum absolute atomic E-state index is 12.6. The van der Waals surface area contributed by atoms with Crippen LogP contribution in [0.15, 0.2) is 22.9 Å². The highest BCUT2D eigenvalue weighted by atomic mass is 79.9. The van der Waals surface area contributed by atoms with E-state index in [9.17, 15) is 13.2 Å². The fourth-order valence-electron chi connectivity index (χ4n) is 2.77. The molecule has 2 aromatic heterocycles. The van der Waals surface area contributed by atoms with Gasteiger partial charge in [-0.1, -0.05) is 0 Å². The van der Waals surface area contributed by atoms with Crippen LogP contribution in [-0.2, 0) is 6.18 Å². The number of piperidine rings is 1. The molecule has 0 radical (unpaired) electrons. The standard InChI is InChI=1S/C15H16BrF3N4/c1-9-6-13(20-7-11(9)16)23-4-2-10(3-5-23)14-21-8-12(22-14)15(17,18)19/h6-8,10H,2-5H2,1H3,(H,21,22). The first-order valence-corrected chi connectivity index (χ1v) is 8.13. The molecule has 1 aliphatic rings. The molecule has 0 atom stereocenters. The van der Waals surface area contributed by atoms with Crippen molar-refractivity contribution in [3.8, 4) is 0 Å². The van der Waals surface area contributed by atoms with Gasteiger partial charge in [0.05, 0.1) is 6.20 Å². The van der Waals surface area contributed by atoms with Gasteiger partial charge in [-0.05, 0) is 47.3 Å². The number of hydrogen-bond donors (Lipinski definition) is 1. The average molecular weight is 389 g/mol. The molecule has 23 heavy (non-hydrogen) atoms. The number of aromatic amines is 1. The molecule has 0 aliphatic carbocycles. The highest BCUT2D eigenvalue weighted by Crippen LogP contribution is 2.32. The molecule has 0 saturated carbocycles. The van der Waals surface area contributed by atoms with E-state index in [1.807, 2.05) is 13.0 Å². The fraction of sp³-hybridized carbons (Fsp3) is 0.467. The predicted octanol–water partition coefficient (Wildman–Crippen LogP) is 4.28. The Labute approximate surface area is 140 Å². The molecule has 1 saturated heterocycles. The minimum atomic E-state index is -4.37. The number of alkyl halides is 3. The second-order valence-electron chi connectivity index (χ2n) is 5.73. The van der Waals surface area contributed by atoms with Crippen LogP contribution in [0.3, 0.4) is 0 Å². The van der Waals surface area contributed by atoms with Gasteiger partial charge in [0, 0.05) is 29.7 Å². The van der Waals surface area contributed by atoms with Crippen molar-refractivity contribution in [3.63, 3.8) is 0 Å². The molecule has 1 aliphatic heterocycles. The van der Waals surface area contributed by atoms with Crippen molar-refractivity contribution >= 4 is 21.7 Å². The Balaban J connectivity index is 1.66. The van der Waals surface area contributed by atoms with E-state index in [0.717, 1.165) is 48.0 Å². The molecule has 3 rings (SSSR count). The summed E-state index contributed by atoms with van der Waals surface area (Å²) in [5.41, 5.74) is 0.332. The number of aryl methyl sites for hydroxylation is 1. The number of H-pyrrole nitrogens is 1. The highest BCUT2D eigenvalue weighted by molar-refractivity contribution is 9.10. The lowest BCUT2D eigenvalue weighted by molar-refractivity contribution is -0.141. The molecule has 1 N–H and O–H groups in total. The Bertz CT molecular complexity index is 690. The van der Waals surface area contributed by atoms with Gasteiger partial charge in [-0.3, -0.25) is 0 Å². The van der Waals surface area contributed by atoms with Gasteiger partial charge in [0.25, 0.3) is 0 Å². The van der Waals surface area contributed by atoms with Crippen LogP contribution in [-0.4, -0.2) is 28.0 Å². The van der Waals surface area contributed by atoms with Gasteiger partial charge in [-0.2, -0.15) is 13.2 Å². The van der Waals surface area contributed by atoms with Gasteiger partial charge in [-0.15, -0.1) is 0 Å². The SMILES string of the molecule is Cc1cc(N2CCC(c3ncc(C(F)(F)F)[nH]3)CC2)ncc1Br. The average Bonchev–Trinajstić information content (AvgIpc) is 3.00. The molecule has 0 bridgehead atoms. The summed E-state index contributed by atoms with van der Waals surface area (Å²) >= 11 is 3.43. The number of pyridine rings is 1. The van der Waals surface area contributed by atoms with Crippen LogP contribution in [0, 0.1) is 6.92 Å². The number of halogens is 4. The van der Waals surface area contributed by atoms with Crippen molar-refractivity contribution < 1.29 is 13.2 Å². The first-order valence-electron chi connectivity index (χ1n) is 7.34. The first kappa shape index (κ1) is 16.3.